The van der Waals surface area contributed by atoms with E-state index < -0.39 is 5.97 Å². The summed E-state index contributed by atoms with van der Waals surface area (Å²) in [5.41, 5.74) is 0. The second-order valence-electron chi connectivity index (χ2n) is 5.80. The first-order valence-corrected chi connectivity index (χ1v) is 7.43. The lowest BCUT2D eigenvalue weighted by Crippen LogP contribution is -2.38. The molecule has 2 aliphatic rings. The molecule has 19 heavy (non-hydrogen) atoms. The number of carbonyl (C=O) groups excluding carboxylic acids is 1. The molecule has 0 aromatic rings. The van der Waals surface area contributed by atoms with Crippen LogP contribution in [0.3, 0.4) is 0 Å². The number of hydrogen-bond donors (Lipinski definition) is 3. The van der Waals surface area contributed by atoms with Crippen LogP contribution in [-0.4, -0.2) is 29.7 Å². The molecule has 0 spiro atoms. The van der Waals surface area contributed by atoms with Crippen LogP contribution in [0.5, 0.6) is 0 Å². The summed E-state index contributed by atoms with van der Waals surface area (Å²) in [5.74, 6) is 0.679. The number of aliphatic carboxylic acids is 1. The molecular weight excluding hydrogens is 244 g/mol. The summed E-state index contributed by atoms with van der Waals surface area (Å²) in [6.07, 6.45) is 8.41. The van der Waals surface area contributed by atoms with Gasteiger partial charge in [0.25, 0.3) is 0 Å². The SMILES string of the molecule is O=C(O)CCCNC(=O)N[C@@H]1C[C@H]1C1CCCCC1. The fraction of sp³-hybridized carbons (Fsp3) is 0.857. The van der Waals surface area contributed by atoms with Gasteiger partial charge in [-0.25, -0.2) is 4.79 Å². The summed E-state index contributed by atoms with van der Waals surface area (Å²) in [7, 11) is 0. The zero-order chi connectivity index (χ0) is 13.7. The molecule has 2 atom stereocenters. The molecular formula is C14H24N2O3. The molecule has 0 aromatic heterocycles. The minimum Gasteiger partial charge on any atom is -0.481 e. The molecule has 0 unspecified atom stereocenters. The minimum atomic E-state index is -0.818. The van der Waals surface area contributed by atoms with Crippen LogP contribution in [-0.2, 0) is 4.79 Å². The van der Waals surface area contributed by atoms with Gasteiger partial charge in [0.05, 0.1) is 0 Å². The molecule has 0 aromatic carbocycles. The highest BCUT2D eigenvalue weighted by Gasteiger charge is 2.43. The average molecular weight is 268 g/mol. The van der Waals surface area contributed by atoms with Crippen molar-refractivity contribution in [2.75, 3.05) is 6.54 Å². The van der Waals surface area contributed by atoms with Gasteiger partial charge in [-0.3, -0.25) is 4.79 Å². The van der Waals surface area contributed by atoms with Gasteiger partial charge < -0.3 is 15.7 Å². The van der Waals surface area contributed by atoms with E-state index in [0.29, 0.717) is 24.9 Å². The Morgan fingerprint density at radius 2 is 1.89 bits per heavy atom. The highest BCUT2D eigenvalue weighted by atomic mass is 16.4. The maximum absolute atomic E-state index is 11.6. The highest BCUT2D eigenvalue weighted by molar-refractivity contribution is 5.74. The number of urea groups is 1. The van der Waals surface area contributed by atoms with Crippen LogP contribution in [0.25, 0.3) is 0 Å². The second kappa shape index (κ2) is 6.78. The van der Waals surface area contributed by atoms with Crippen molar-refractivity contribution in [3.8, 4) is 0 Å². The lowest BCUT2D eigenvalue weighted by atomic mass is 9.85. The van der Waals surface area contributed by atoms with Gasteiger partial charge in [0.1, 0.15) is 0 Å². The standard InChI is InChI=1S/C14H24N2O3/c17-13(18)7-4-8-15-14(19)16-12-9-11(12)10-5-2-1-3-6-10/h10-12H,1-9H2,(H,17,18)(H2,15,16,19)/t11-,12+/m0/s1. The molecule has 5 nitrogen and oxygen atoms in total. The van der Waals surface area contributed by atoms with E-state index in [4.69, 9.17) is 5.11 Å². The predicted octanol–water partition coefficient (Wildman–Crippen LogP) is 2.12. The van der Waals surface area contributed by atoms with Crippen LogP contribution in [0.2, 0.25) is 0 Å². The normalized spacial score (nSPS) is 26.7. The summed E-state index contributed by atoms with van der Waals surface area (Å²) in [4.78, 5) is 21.9. The van der Waals surface area contributed by atoms with E-state index in [1.54, 1.807) is 0 Å². The molecule has 0 bridgehead atoms. The highest BCUT2D eigenvalue weighted by Crippen LogP contribution is 2.44. The van der Waals surface area contributed by atoms with Gasteiger partial charge in [-0.15, -0.1) is 0 Å². The Hall–Kier alpha value is -1.26. The molecule has 5 heteroatoms. The lowest BCUT2D eigenvalue weighted by Gasteiger charge is -2.21. The van der Waals surface area contributed by atoms with Gasteiger partial charge in [0.2, 0.25) is 0 Å². The van der Waals surface area contributed by atoms with Crippen LogP contribution in [0.15, 0.2) is 0 Å². The summed E-state index contributed by atoms with van der Waals surface area (Å²) in [6.45, 7) is 0.430. The van der Waals surface area contributed by atoms with E-state index >= 15 is 0 Å². The fourth-order valence-electron chi connectivity index (χ4n) is 3.12. The molecule has 2 aliphatic carbocycles. The first-order chi connectivity index (χ1) is 9.16. The van der Waals surface area contributed by atoms with Crippen LogP contribution < -0.4 is 10.6 Å². The largest absolute Gasteiger partial charge is 0.481 e. The van der Waals surface area contributed by atoms with Crippen LogP contribution in [0.4, 0.5) is 4.79 Å². The Kier molecular flexibility index (Phi) is 5.05. The fourth-order valence-corrected chi connectivity index (χ4v) is 3.12. The van der Waals surface area contributed by atoms with Crippen molar-refractivity contribution in [3.05, 3.63) is 0 Å². The first-order valence-electron chi connectivity index (χ1n) is 7.43. The van der Waals surface area contributed by atoms with Crippen LogP contribution in [0, 0.1) is 11.8 Å². The number of rotatable bonds is 6. The molecule has 108 valence electrons. The Balaban J connectivity index is 1.55. The monoisotopic (exact) mass is 268 g/mol. The van der Waals surface area contributed by atoms with Crippen LogP contribution in [0.1, 0.15) is 51.4 Å². The number of carboxylic acids is 1. The van der Waals surface area contributed by atoms with Crippen molar-refractivity contribution >= 4 is 12.0 Å². The zero-order valence-corrected chi connectivity index (χ0v) is 11.4. The van der Waals surface area contributed by atoms with Gasteiger partial charge in [-0.05, 0) is 24.7 Å². The molecule has 2 amide bonds. The molecule has 0 radical (unpaired) electrons. The number of nitrogens with one attached hydrogen (secondary N) is 2. The Bertz CT molecular complexity index is 327. The van der Waals surface area contributed by atoms with Crippen molar-refractivity contribution in [1.29, 1.82) is 0 Å². The maximum atomic E-state index is 11.6. The third-order valence-corrected chi connectivity index (χ3v) is 4.26. The number of carboxylic acid groups (broad SMARTS) is 1. The van der Waals surface area contributed by atoms with E-state index in [1.807, 2.05) is 0 Å². The summed E-state index contributed by atoms with van der Waals surface area (Å²) in [6, 6.07) is 0.205. The molecule has 2 rings (SSSR count). The van der Waals surface area contributed by atoms with Crippen molar-refractivity contribution in [3.63, 3.8) is 0 Å². The smallest absolute Gasteiger partial charge is 0.315 e. The first kappa shape index (κ1) is 14.2. The lowest BCUT2D eigenvalue weighted by molar-refractivity contribution is -0.137. The number of carbonyl (C=O) groups is 2. The van der Waals surface area contributed by atoms with Gasteiger partial charge >= 0.3 is 12.0 Å². The van der Waals surface area contributed by atoms with Gasteiger partial charge in [-0.1, -0.05) is 32.1 Å². The third-order valence-electron chi connectivity index (χ3n) is 4.26. The van der Waals surface area contributed by atoms with E-state index in [-0.39, 0.29) is 12.5 Å². The predicted molar refractivity (Wildman–Crippen MR) is 71.9 cm³/mol. The summed E-state index contributed by atoms with van der Waals surface area (Å²) in [5, 5.41) is 14.2. The van der Waals surface area contributed by atoms with Gasteiger partial charge in [0, 0.05) is 19.0 Å². The summed E-state index contributed by atoms with van der Waals surface area (Å²) >= 11 is 0. The number of hydrogen-bond acceptors (Lipinski definition) is 2. The molecule has 2 saturated carbocycles. The van der Waals surface area contributed by atoms with E-state index in [9.17, 15) is 9.59 Å². The summed E-state index contributed by atoms with van der Waals surface area (Å²) < 4.78 is 0. The van der Waals surface area contributed by atoms with E-state index in [0.717, 1.165) is 12.3 Å². The quantitative estimate of drug-likeness (QED) is 0.646. The zero-order valence-electron chi connectivity index (χ0n) is 11.4. The average Bonchev–Trinajstić information content (AvgIpc) is 3.15. The van der Waals surface area contributed by atoms with E-state index in [1.165, 1.54) is 32.1 Å². The number of amides is 2. The minimum absolute atomic E-state index is 0.106. The van der Waals surface area contributed by atoms with Crippen LogP contribution >= 0.6 is 0 Å². The van der Waals surface area contributed by atoms with Gasteiger partial charge in [-0.2, -0.15) is 0 Å². The molecule has 3 N–H and O–H groups in total. The Morgan fingerprint density at radius 3 is 2.58 bits per heavy atom. The van der Waals surface area contributed by atoms with Crippen molar-refractivity contribution in [1.82, 2.24) is 10.6 Å². The van der Waals surface area contributed by atoms with Gasteiger partial charge in [0.15, 0.2) is 0 Å². The molecule has 0 aliphatic heterocycles. The second-order valence-corrected chi connectivity index (χ2v) is 5.80. The molecule has 0 heterocycles. The topological polar surface area (TPSA) is 78.4 Å². The maximum Gasteiger partial charge on any atom is 0.315 e. The van der Waals surface area contributed by atoms with Crippen molar-refractivity contribution in [2.45, 2.75) is 57.4 Å². The van der Waals surface area contributed by atoms with Crippen molar-refractivity contribution in [2.24, 2.45) is 11.8 Å². The molecule has 2 fully saturated rings. The van der Waals surface area contributed by atoms with E-state index in [2.05, 4.69) is 10.6 Å². The molecule has 0 saturated heterocycles. The Labute approximate surface area is 114 Å². The van der Waals surface area contributed by atoms with Crippen molar-refractivity contribution < 1.29 is 14.7 Å². The Morgan fingerprint density at radius 1 is 1.16 bits per heavy atom. The third kappa shape index (κ3) is 4.73.